The van der Waals surface area contributed by atoms with Gasteiger partial charge in [0.05, 0.1) is 10.6 Å². The Morgan fingerprint density at radius 2 is 1.91 bits per heavy atom. The minimum absolute atomic E-state index is 0.240. The van der Waals surface area contributed by atoms with Gasteiger partial charge >= 0.3 is 0 Å². The molecule has 23 heavy (non-hydrogen) atoms. The SMILES string of the molecule is Cc1noc(C)c1-c1ccc(S(=O)(=O)NCc2cccs2)cc1. The molecule has 1 N–H and O–H groups in total. The predicted octanol–water partition coefficient (Wildman–Crippen LogP) is 3.50. The Hall–Kier alpha value is -1.96. The highest BCUT2D eigenvalue weighted by molar-refractivity contribution is 7.89. The molecular formula is C16H16N2O3S2. The van der Waals surface area contributed by atoms with Gasteiger partial charge in [0, 0.05) is 17.0 Å². The van der Waals surface area contributed by atoms with Crippen molar-refractivity contribution >= 4 is 21.4 Å². The molecule has 2 heterocycles. The molecule has 3 rings (SSSR count). The Morgan fingerprint density at radius 3 is 2.48 bits per heavy atom. The zero-order valence-corrected chi connectivity index (χ0v) is 14.4. The Kier molecular flexibility index (Phi) is 4.34. The molecule has 2 aromatic heterocycles. The summed E-state index contributed by atoms with van der Waals surface area (Å²) in [4.78, 5) is 1.21. The van der Waals surface area contributed by atoms with E-state index in [1.165, 1.54) is 11.3 Å². The van der Waals surface area contributed by atoms with Crippen molar-refractivity contribution in [2.75, 3.05) is 0 Å². The smallest absolute Gasteiger partial charge is 0.240 e. The lowest BCUT2D eigenvalue weighted by atomic mass is 10.0. The van der Waals surface area contributed by atoms with Gasteiger partial charge in [0.1, 0.15) is 5.76 Å². The molecule has 0 saturated carbocycles. The Bertz CT molecular complexity index is 876. The van der Waals surface area contributed by atoms with E-state index in [2.05, 4.69) is 9.88 Å². The summed E-state index contributed by atoms with van der Waals surface area (Å²) in [5, 5.41) is 5.84. The zero-order valence-electron chi connectivity index (χ0n) is 12.7. The third-order valence-electron chi connectivity index (χ3n) is 3.50. The van der Waals surface area contributed by atoms with E-state index in [0.717, 1.165) is 21.7 Å². The number of hydrogen-bond acceptors (Lipinski definition) is 5. The van der Waals surface area contributed by atoms with E-state index in [1.807, 2.05) is 31.4 Å². The van der Waals surface area contributed by atoms with Crippen molar-refractivity contribution in [1.82, 2.24) is 9.88 Å². The van der Waals surface area contributed by atoms with Crippen molar-refractivity contribution in [2.24, 2.45) is 0 Å². The van der Waals surface area contributed by atoms with Gasteiger partial charge in [-0.25, -0.2) is 13.1 Å². The molecule has 1 aromatic carbocycles. The molecule has 0 amide bonds. The number of benzene rings is 1. The highest BCUT2D eigenvalue weighted by Gasteiger charge is 2.16. The molecule has 0 aliphatic rings. The summed E-state index contributed by atoms with van der Waals surface area (Å²) in [5.41, 5.74) is 2.58. The second-order valence-electron chi connectivity index (χ2n) is 5.13. The average molecular weight is 348 g/mol. The molecule has 0 bridgehead atoms. The molecule has 0 aliphatic carbocycles. The molecule has 0 saturated heterocycles. The number of nitrogens with zero attached hydrogens (tertiary/aromatic N) is 1. The number of aromatic nitrogens is 1. The lowest BCUT2D eigenvalue weighted by Crippen LogP contribution is -2.22. The van der Waals surface area contributed by atoms with Crippen molar-refractivity contribution in [3.05, 3.63) is 58.1 Å². The van der Waals surface area contributed by atoms with E-state index in [9.17, 15) is 8.42 Å². The number of sulfonamides is 1. The first-order chi connectivity index (χ1) is 11.0. The van der Waals surface area contributed by atoms with Crippen LogP contribution in [-0.4, -0.2) is 13.6 Å². The molecule has 3 aromatic rings. The Morgan fingerprint density at radius 1 is 1.17 bits per heavy atom. The van der Waals surface area contributed by atoms with Crippen LogP contribution < -0.4 is 4.72 Å². The molecule has 0 aliphatic heterocycles. The largest absolute Gasteiger partial charge is 0.361 e. The van der Waals surface area contributed by atoms with E-state index in [0.29, 0.717) is 12.3 Å². The highest BCUT2D eigenvalue weighted by Crippen LogP contribution is 2.27. The van der Waals surface area contributed by atoms with Crippen molar-refractivity contribution < 1.29 is 12.9 Å². The van der Waals surface area contributed by atoms with Crippen LogP contribution in [0, 0.1) is 13.8 Å². The third kappa shape index (κ3) is 3.36. The number of aryl methyl sites for hydroxylation is 2. The molecule has 7 heteroatoms. The second kappa shape index (κ2) is 6.27. The van der Waals surface area contributed by atoms with Gasteiger partial charge in [0.2, 0.25) is 10.0 Å². The molecule has 0 unspecified atom stereocenters. The maximum Gasteiger partial charge on any atom is 0.240 e. The van der Waals surface area contributed by atoms with Crippen molar-refractivity contribution in [3.63, 3.8) is 0 Å². The molecule has 0 atom stereocenters. The fraction of sp³-hybridized carbons (Fsp3) is 0.188. The van der Waals surface area contributed by atoms with Crippen LogP contribution in [0.5, 0.6) is 0 Å². The van der Waals surface area contributed by atoms with Gasteiger partial charge in [0.15, 0.2) is 0 Å². The van der Waals surface area contributed by atoms with Crippen LogP contribution in [0.25, 0.3) is 11.1 Å². The van der Waals surface area contributed by atoms with Gasteiger partial charge in [-0.3, -0.25) is 0 Å². The monoisotopic (exact) mass is 348 g/mol. The van der Waals surface area contributed by atoms with Crippen molar-refractivity contribution in [1.29, 1.82) is 0 Å². The Labute approximate surface area is 139 Å². The second-order valence-corrected chi connectivity index (χ2v) is 7.93. The molecule has 0 spiro atoms. The zero-order chi connectivity index (χ0) is 16.4. The van der Waals surface area contributed by atoms with Gasteiger partial charge in [-0.15, -0.1) is 11.3 Å². The lowest BCUT2D eigenvalue weighted by molar-refractivity contribution is 0.393. The van der Waals surface area contributed by atoms with Crippen molar-refractivity contribution in [3.8, 4) is 11.1 Å². The quantitative estimate of drug-likeness (QED) is 0.766. The number of thiophene rings is 1. The maximum absolute atomic E-state index is 12.3. The van der Waals surface area contributed by atoms with Crippen molar-refractivity contribution in [2.45, 2.75) is 25.3 Å². The van der Waals surface area contributed by atoms with Crippen LogP contribution in [0.2, 0.25) is 0 Å². The van der Waals surface area contributed by atoms with E-state index < -0.39 is 10.0 Å². The van der Waals surface area contributed by atoms with Crippen LogP contribution >= 0.6 is 11.3 Å². The summed E-state index contributed by atoms with van der Waals surface area (Å²) < 4.78 is 32.4. The van der Waals surface area contributed by atoms with Gasteiger partial charge in [0.25, 0.3) is 0 Å². The standard InChI is InChI=1S/C16H16N2O3S2/c1-11-16(12(2)21-18-11)13-5-7-15(8-6-13)23(19,20)17-10-14-4-3-9-22-14/h3-9,17H,10H2,1-2H3. The summed E-state index contributed by atoms with van der Waals surface area (Å²) in [6.07, 6.45) is 0. The summed E-state index contributed by atoms with van der Waals surface area (Å²) in [5.74, 6) is 0.717. The van der Waals surface area contributed by atoms with E-state index in [4.69, 9.17) is 4.52 Å². The summed E-state index contributed by atoms with van der Waals surface area (Å²) >= 11 is 1.52. The summed E-state index contributed by atoms with van der Waals surface area (Å²) in [6.45, 7) is 3.99. The number of rotatable bonds is 5. The first-order valence-electron chi connectivity index (χ1n) is 7.03. The Balaban J connectivity index is 1.81. The normalized spacial score (nSPS) is 11.7. The van der Waals surface area contributed by atoms with Crippen LogP contribution in [0.1, 0.15) is 16.3 Å². The lowest BCUT2D eigenvalue weighted by Gasteiger charge is -2.07. The van der Waals surface area contributed by atoms with Gasteiger partial charge in [-0.05, 0) is 43.0 Å². The molecule has 0 radical (unpaired) electrons. The summed E-state index contributed by atoms with van der Waals surface area (Å²) in [7, 11) is -3.52. The van der Waals surface area contributed by atoms with Crippen LogP contribution in [0.4, 0.5) is 0 Å². The van der Waals surface area contributed by atoms with Crippen LogP contribution in [0.3, 0.4) is 0 Å². The minimum atomic E-state index is -3.52. The summed E-state index contributed by atoms with van der Waals surface area (Å²) in [6, 6.07) is 10.5. The van der Waals surface area contributed by atoms with E-state index in [1.54, 1.807) is 24.3 Å². The van der Waals surface area contributed by atoms with Crippen LogP contribution in [0.15, 0.2) is 51.2 Å². The molecule has 120 valence electrons. The topological polar surface area (TPSA) is 72.2 Å². The van der Waals surface area contributed by atoms with E-state index >= 15 is 0 Å². The van der Waals surface area contributed by atoms with E-state index in [-0.39, 0.29) is 4.90 Å². The minimum Gasteiger partial charge on any atom is -0.361 e. The third-order valence-corrected chi connectivity index (χ3v) is 5.80. The fourth-order valence-electron chi connectivity index (χ4n) is 2.36. The first-order valence-corrected chi connectivity index (χ1v) is 9.39. The van der Waals surface area contributed by atoms with Gasteiger partial charge in [-0.2, -0.15) is 0 Å². The highest BCUT2D eigenvalue weighted by atomic mass is 32.2. The maximum atomic E-state index is 12.3. The first kappa shape index (κ1) is 15.9. The molecule has 0 fully saturated rings. The van der Waals surface area contributed by atoms with Gasteiger partial charge in [-0.1, -0.05) is 23.4 Å². The average Bonchev–Trinajstić information content (AvgIpc) is 3.16. The number of nitrogens with one attached hydrogen (secondary N) is 1. The molecular weight excluding hydrogens is 332 g/mol. The number of hydrogen-bond donors (Lipinski definition) is 1. The van der Waals surface area contributed by atoms with Crippen LogP contribution in [-0.2, 0) is 16.6 Å². The fourth-order valence-corrected chi connectivity index (χ4v) is 4.10. The predicted molar refractivity (Wildman–Crippen MR) is 89.8 cm³/mol. The van der Waals surface area contributed by atoms with Gasteiger partial charge < -0.3 is 4.52 Å². The molecule has 5 nitrogen and oxygen atoms in total.